The van der Waals surface area contributed by atoms with Crippen molar-refractivity contribution in [3.8, 4) is 0 Å². The first-order valence-electron chi connectivity index (χ1n) is 8.26. The summed E-state index contributed by atoms with van der Waals surface area (Å²) in [5.74, 6) is -4.00. The number of benzene rings is 2. The molecule has 0 bridgehead atoms. The summed E-state index contributed by atoms with van der Waals surface area (Å²) >= 11 is 0. The molecule has 0 saturated heterocycles. The number of hydrogen-bond donors (Lipinski definition) is 3. The van der Waals surface area contributed by atoms with Crippen molar-refractivity contribution in [2.45, 2.75) is 30.0 Å². The van der Waals surface area contributed by atoms with E-state index in [1.165, 1.54) is 6.07 Å². The molecule has 10 heteroatoms. The maximum atomic E-state index is 12.8. The molecule has 2 rings (SSSR count). The first-order valence-corrected chi connectivity index (χ1v) is 9.80. The van der Waals surface area contributed by atoms with Gasteiger partial charge in [-0.05, 0) is 30.7 Å². The summed E-state index contributed by atoms with van der Waals surface area (Å²) in [6.45, 7) is 2.30. The fourth-order valence-electron chi connectivity index (χ4n) is 2.47. The predicted octanol–water partition coefficient (Wildman–Crippen LogP) is 3.57. The Balaban J connectivity index is 0.00000392. The summed E-state index contributed by atoms with van der Waals surface area (Å²) in [5.41, 5.74) is 7.31. The first-order chi connectivity index (χ1) is 12.8. The van der Waals surface area contributed by atoms with Gasteiger partial charge in [0, 0.05) is 19.0 Å². The van der Waals surface area contributed by atoms with E-state index in [9.17, 15) is 22.0 Å². The second-order valence-corrected chi connectivity index (χ2v) is 7.73. The Morgan fingerprint density at radius 1 is 1.11 bits per heavy atom. The molecule has 0 radical (unpaired) electrons. The number of halogens is 3. The van der Waals surface area contributed by atoms with Gasteiger partial charge < -0.3 is 16.4 Å². The van der Waals surface area contributed by atoms with Crippen LogP contribution in [0.15, 0.2) is 53.4 Å². The van der Waals surface area contributed by atoms with Crippen molar-refractivity contribution in [2.75, 3.05) is 17.2 Å². The summed E-state index contributed by atoms with van der Waals surface area (Å²) < 4.78 is 49.0. The van der Waals surface area contributed by atoms with E-state index in [1.807, 2.05) is 6.07 Å². The number of carbonyl (C=O) groups is 1. The molecule has 6 nitrogen and oxygen atoms in total. The van der Waals surface area contributed by atoms with Gasteiger partial charge in [-0.1, -0.05) is 30.3 Å². The Hall–Kier alpha value is -2.23. The number of nitrogens with one attached hydrogen (secondary N) is 2. The molecule has 1 amide bonds. The molecule has 2 aromatic rings. The molecular weight excluding hydrogens is 412 g/mol. The largest absolute Gasteiger partial charge is 0.384 e. The minimum absolute atomic E-state index is 0. The average Bonchev–Trinajstić information content (AvgIpc) is 2.63. The van der Waals surface area contributed by atoms with Crippen LogP contribution in [0.5, 0.6) is 0 Å². The van der Waals surface area contributed by atoms with Gasteiger partial charge in [0.05, 0.1) is 16.3 Å². The van der Waals surface area contributed by atoms with Crippen LogP contribution in [0.2, 0.25) is 0 Å². The zero-order valence-corrected chi connectivity index (χ0v) is 16.7. The number of rotatable bonds is 8. The molecular formula is C18H22ClF2N3O3S. The normalized spacial score (nSPS) is 12.2. The smallest absolute Gasteiger partial charge is 0.341 e. The Morgan fingerprint density at radius 2 is 1.75 bits per heavy atom. The Labute approximate surface area is 168 Å². The topological polar surface area (TPSA) is 101 Å². The lowest BCUT2D eigenvalue weighted by Gasteiger charge is -2.16. The van der Waals surface area contributed by atoms with Gasteiger partial charge in [0.2, 0.25) is 15.7 Å². The summed E-state index contributed by atoms with van der Waals surface area (Å²) in [6, 6.07) is 11.9. The summed E-state index contributed by atoms with van der Waals surface area (Å²) in [4.78, 5) is 11.8. The van der Waals surface area contributed by atoms with Crippen LogP contribution < -0.4 is 16.4 Å². The molecule has 0 saturated carbocycles. The van der Waals surface area contributed by atoms with E-state index in [1.54, 1.807) is 31.2 Å². The fourth-order valence-corrected chi connectivity index (χ4v) is 3.22. The van der Waals surface area contributed by atoms with Crippen molar-refractivity contribution < 1.29 is 22.0 Å². The van der Waals surface area contributed by atoms with Crippen molar-refractivity contribution in [1.82, 2.24) is 0 Å². The summed E-state index contributed by atoms with van der Waals surface area (Å²) in [7, 11) is -4.77. The van der Waals surface area contributed by atoms with Gasteiger partial charge in [-0.15, -0.1) is 12.4 Å². The number of amides is 1. The average molecular weight is 434 g/mol. The quantitative estimate of drug-likeness (QED) is 0.590. The highest BCUT2D eigenvalue weighted by atomic mass is 35.5. The van der Waals surface area contributed by atoms with Crippen molar-refractivity contribution in [1.29, 1.82) is 0 Å². The standard InChI is InChI=1S/C18H21F2N3O3S.ClH/c1-2-22-15-9-8-13(27(25,26)18(19)20)10-16(15)23-17(24)11-14(21)12-6-4-3-5-7-12;/h3-10,14,18,22H,2,11,21H2,1H3,(H,23,24);1H. The highest BCUT2D eigenvalue weighted by Gasteiger charge is 2.27. The van der Waals surface area contributed by atoms with Gasteiger partial charge in [0.15, 0.2) is 0 Å². The lowest BCUT2D eigenvalue weighted by Crippen LogP contribution is -2.21. The SMILES string of the molecule is CCNc1ccc(S(=O)(=O)C(F)F)cc1NC(=O)CC(N)c1ccccc1.Cl. The second-order valence-electron chi connectivity index (χ2n) is 5.81. The summed E-state index contributed by atoms with van der Waals surface area (Å²) in [5, 5.41) is 5.50. The van der Waals surface area contributed by atoms with E-state index in [4.69, 9.17) is 5.73 Å². The molecule has 0 aliphatic carbocycles. The molecule has 0 fully saturated rings. The number of sulfone groups is 1. The number of nitrogens with two attached hydrogens (primary N) is 1. The number of hydrogen-bond acceptors (Lipinski definition) is 5. The van der Waals surface area contributed by atoms with Gasteiger partial charge in [-0.2, -0.15) is 8.78 Å². The first kappa shape index (κ1) is 23.8. The Kier molecular flexibility index (Phi) is 8.80. The Bertz CT molecular complexity index is 896. The third-order valence-electron chi connectivity index (χ3n) is 3.83. The van der Waals surface area contributed by atoms with Gasteiger partial charge in [-0.25, -0.2) is 8.42 Å². The highest BCUT2D eigenvalue weighted by molar-refractivity contribution is 7.91. The second kappa shape index (κ2) is 10.4. The molecule has 154 valence electrons. The molecule has 2 aromatic carbocycles. The van der Waals surface area contributed by atoms with Crippen molar-refractivity contribution in [3.63, 3.8) is 0 Å². The van der Waals surface area contributed by atoms with E-state index in [0.717, 1.165) is 17.7 Å². The minimum atomic E-state index is -4.77. The molecule has 0 aromatic heterocycles. The monoisotopic (exact) mass is 433 g/mol. The van der Waals surface area contributed by atoms with Gasteiger partial charge in [0.25, 0.3) is 0 Å². The van der Waals surface area contributed by atoms with Crippen LogP contribution in [-0.4, -0.2) is 26.6 Å². The van der Waals surface area contributed by atoms with Crippen LogP contribution in [0.4, 0.5) is 20.2 Å². The van der Waals surface area contributed by atoms with E-state index in [-0.39, 0.29) is 24.5 Å². The van der Waals surface area contributed by atoms with Crippen molar-refractivity contribution in [3.05, 3.63) is 54.1 Å². The third-order valence-corrected chi connectivity index (χ3v) is 5.21. The molecule has 0 spiro atoms. The Morgan fingerprint density at radius 3 is 2.32 bits per heavy atom. The van der Waals surface area contributed by atoms with Crippen LogP contribution >= 0.6 is 12.4 Å². The summed E-state index contributed by atoms with van der Waals surface area (Å²) in [6.07, 6.45) is -0.0542. The van der Waals surface area contributed by atoms with Crippen LogP contribution in [0.3, 0.4) is 0 Å². The van der Waals surface area contributed by atoms with E-state index in [0.29, 0.717) is 12.2 Å². The van der Waals surface area contributed by atoms with Crippen LogP contribution in [-0.2, 0) is 14.6 Å². The van der Waals surface area contributed by atoms with Crippen LogP contribution in [0.1, 0.15) is 24.9 Å². The molecule has 1 unspecified atom stereocenters. The molecule has 0 aliphatic heterocycles. The van der Waals surface area contributed by atoms with Gasteiger partial charge in [-0.3, -0.25) is 4.79 Å². The maximum absolute atomic E-state index is 12.8. The molecule has 1 atom stereocenters. The lowest BCUT2D eigenvalue weighted by molar-refractivity contribution is -0.116. The van der Waals surface area contributed by atoms with Crippen molar-refractivity contribution >= 4 is 39.5 Å². The maximum Gasteiger partial charge on any atom is 0.341 e. The third kappa shape index (κ3) is 5.88. The number of alkyl halides is 2. The van der Waals surface area contributed by atoms with Crippen LogP contribution in [0.25, 0.3) is 0 Å². The molecule has 4 N–H and O–H groups in total. The van der Waals surface area contributed by atoms with E-state index < -0.39 is 32.4 Å². The van der Waals surface area contributed by atoms with Gasteiger partial charge in [0.1, 0.15) is 0 Å². The predicted molar refractivity (Wildman–Crippen MR) is 108 cm³/mol. The van der Waals surface area contributed by atoms with E-state index >= 15 is 0 Å². The number of anilines is 2. The molecule has 0 aliphatic rings. The van der Waals surface area contributed by atoms with Crippen molar-refractivity contribution in [2.24, 2.45) is 5.73 Å². The molecule has 28 heavy (non-hydrogen) atoms. The van der Waals surface area contributed by atoms with Gasteiger partial charge >= 0.3 is 5.76 Å². The fraction of sp³-hybridized carbons (Fsp3) is 0.278. The minimum Gasteiger partial charge on any atom is -0.384 e. The lowest BCUT2D eigenvalue weighted by atomic mass is 10.0. The molecule has 0 heterocycles. The highest BCUT2D eigenvalue weighted by Crippen LogP contribution is 2.28. The number of carbonyl (C=O) groups excluding carboxylic acids is 1. The van der Waals surface area contributed by atoms with Crippen LogP contribution in [0, 0.1) is 0 Å². The zero-order valence-electron chi connectivity index (χ0n) is 15.1. The van der Waals surface area contributed by atoms with E-state index in [2.05, 4.69) is 10.6 Å². The zero-order chi connectivity index (χ0) is 20.0.